The average Bonchev–Trinajstić information content (AvgIpc) is 2.78. The zero-order valence-corrected chi connectivity index (χ0v) is 23.4. The van der Waals surface area contributed by atoms with Crippen LogP contribution in [0.2, 0.25) is 0 Å². The van der Waals surface area contributed by atoms with Crippen molar-refractivity contribution in [2.45, 2.75) is 72.1 Å². The highest BCUT2D eigenvalue weighted by molar-refractivity contribution is 5.87. The lowest BCUT2D eigenvalue weighted by atomic mass is 10.0. The maximum absolute atomic E-state index is 12.8. The maximum Gasteiger partial charge on any atom is 0.415 e. The van der Waals surface area contributed by atoms with Crippen LogP contribution in [0.3, 0.4) is 0 Å². The number of halogens is 1. The third kappa shape index (κ3) is 11.0. The van der Waals surface area contributed by atoms with E-state index in [2.05, 4.69) is 5.32 Å². The van der Waals surface area contributed by atoms with Crippen molar-refractivity contribution in [3.8, 4) is 5.75 Å². The Morgan fingerprint density at radius 2 is 1.54 bits per heavy atom. The summed E-state index contributed by atoms with van der Waals surface area (Å²) in [5.74, 6) is -0.377. The van der Waals surface area contributed by atoms with E-state index in [-0.39, 0.29) is 30.7 Å². The van der Waals surface area contributed by atoms with Crippen LogP contribution in [0.1, 0.15) is 53.5 Å². The van der Waals surface area contributed by atoms with Gasteiger partial charge in [-0.25, -0.2) is 9.59 Å². The first-order chi connectivity index (χ1) is 16.7. The van der Waals surface area contributed by atoms with Gasteiger partial charge in [0.15, 0.2) is 0 Å². The van der Waals surface area contributed by atoms with Gasteiger partial charge in [-0.2, -0.15) is 0 Å². The van der Waals surface area contributed by atoms with E-state index in [1.54, 1.807) is 54.8 Å². The number of esters is 1. The second kappa shape index (κ2) is 14.2. The Hall–Kier alpha value is -2.85. The zero-order chi connectivity index (χ0) is 27.0. The molecule has 1 aliphatic rings. The molecule has 1 saturated heterocycles. The molecule has 3 amide bonds. The van der Waals surface area contributed by atoms with E-state index >= 15 is 0 Å². The second-order valence-electron chi connectivity index (χ2n) is 10.5. The molecule has 3 N–H and O–H groups in total. The summed E-state index contributed by atoms with van der Waals surface area (Å²) in [4.78, 5) is 52.6. The van der Waals surface area contributed by atoms with Crippen LogP contribution in [0.4, 0.5) is 4.79 Å². The van der Waals surface area contributed by atoms with Gasteiger partial charge in [-0.15, -0.1) is 12.4 Å². The van der Waals surface area contributed by atoms with Crippen molar-refractivity contribution in [2.75, 3.05) is 26.2 Å². The zero-order valence-electron chi connectivity index (χ0n) is 22.6. The fourth-order valence-electron chi connectivity index (χ4n) is 3.76. The number of piperazine rings is 1. The third-order valence-corrected chi connectivity index (χ3v) is 5.62. The van der Waals surface area contributed by atoms with Crippen LogP contribution in [0, 0.1) is 5.92 Å². The number of nitrogens with one attached hydrogen (secondary N) is 1. The van der Waals surface area contributed by atoms with Crippen LogP contribution in [-0.2, 0) is 25.5 Å². The summed E-state index contributed by atoms with van der Waals surface area (Å²) in [6.45, 7) is 12.5. The number of amides is 3. The van der Waals surface area contributed by atoms with Crippen molar-refractivity contribution < 1.29 is 28.7 Å². The van der Waals surface area contributed by atoms with Gasteiger partial charge in [-0.1, -0.05) is 26.0 Å². The second-order valence-corrected chi connectivity index (χ2v) is 10.5. The molecule has 2 rings (SSSR count). The van der Waals surface area contributed by atoms with Crippen molar-refractivity contribution in [2.24, 2.45) is 11.7 Å². The molecule has 0 bridgehead atoms. The summed E-state index contributed by atoms with van der Waals surface area (Å²) >= 11 is 0. The van der Waals surface area contributed by atoms with E-state index in [9.17, 15) is 19.2 Å². The number of ether oxygens (including phenoxy) is 2. The summed E-state index contributed by atoms with van der Waals surface area (Å²) in [7, 11) is 0. The predicted molar refractivity (Wildman–Crippen MR) is 142 cm³/mol. The summed E-state index contributed by atoms with van der Waals surface area (Å²) in [5.41, 5.74) is 6.04. The monoisotopic (exact) mass is 540 g/mol. The van der Waals surface area contributed by atoms with Gasteiger partial charge in [0.2, 0.25) is 11.8 Å². The van der Waals surface area contributed by atoms with Gasteiger partial charge in [0, 0.05) is 39.5 Å². The topological polar surface area (TPSA) is 131 Å². The van der Waals surface area contributed by atoms with Crippen molar-refractivity contribution in [1.29, 1.82) is 0 Å². The lowest BCUT2D eigenvalue weighted by Crippen LogP contribution is -2.51. The molecule has 0 aliphatic carbocycles. The number of hydrogen-bond donors (Lipinski definition) is 2. The molecule has 10 nitrogen and oxygen atoms in total. The molecule has 0 saturated carbocycles. The number of carbonyl (C=O) groups is 4. The summed E-state index contributed by atoms with van der Waals surface area (Å²) < 4.78 is 11.0. The Balaban J connectivity index is 0.00000684. The van der Waals surface area contributed by atoms with Gasteiger partial charge in [-0.05, 0) is 50.8 Å². The number of carbonyl (C=O) groups excluding carboxylic acids is 4. The lowest BCUT2D eigenvalue weighted by Gasteiger charge is -2.33. The Morgan fingerprint density at radius 3 is 2.03 bits per heavy atom. The summed E-state index contributed by atoms with van der Waals surface area (Å²) in [6.07, 6.45) is 0.205. The molecule has 0 radical (unpaired) electrons. The number of benzene rings is 1. The molecule has 1 heterocycles. The molecule has 0 unspecified atom stereocenters. The standard InChI is InChI=1S/C26H40N4O6.ClH/c1-17(2)15-21(27)23(32)28-22(24(33)36-26(4,5)6)16-19-7-9-20(10-8-19)35-25(34)30-13-11-29(12-14-30)18(3)31;/h7-10,17,21-22H,11-16,27H2,1-6H3,(H,28,32);1H/t21-,22-;/m0./s1. The van der Waals surface area contributed by atoms with E-state index in [0.29, 0.717) is 38.3 Å². The molecule has 208 valence electrons. The average molecular weight is 541 g/mol. The van der Waals surface area contributed by atoms with Crippen LogP contribution in [-0.4, -0.2) is 77.5 Å². The van der Waals surface area contributed by atoms with Gasteiger partial charge >= 0.3 is 12.1 Å². The maximum atomic E-state index is 12.8. The number of rotatable bonds is 8. The number of hydrogen-bond acceptors (Lipinski definition) is 7. The minimum atomic E-state index is -0.916. The number of nitrogens with zero attached hydrogens (tertiary/aromatic N) is 2. The Bertz CT molecular complexity index is 924. The van der Waals surface area contributed by atoms with Gasteiger partial charge in [-0.3, -0.25) is 9.59 Å². The highest BCUT2D eigenvalue weighted by Gasteiger charge is 2.29. The summed E-state index contributed by atoms with van der Waals surface area (Å²) in [6, 6.07) is 5.09. The minimum absolute atomic E-state index is 0. The van der Waals surface area contributed by atoms with Crippen molar-refractivity contribution in [1.82, 2.24) is 15.1 Å². The van der Waals surface area contributed by atoms with E-state index in [1.165, 1.54) is 6.92 Å². The van der Waals surface area contributed by atoms with Crippen molar-refractivity contribution in [3.05, 3.63) is 29.8 Å². The van der Waals surface area contributed by atoms with Gasteiger partial charge in [0.25, 0.3) is 0 Å². The fraction of sp³-hybridized carbons (Fsp3) is 0.615. The molecule has 0 spiro atoms. The molecule has 37 heavy (non-hydrogen) atoms. The minimum Gasteiger partial charge on any atom is -0.458 e. The molecular weight excluding hydrogens is 500 g/mol. The number of nitrogens with two attached hydrogens (primary N) is 1. The molecule has 11 heteroatoms. The van der Waals surface area contributed by atoms with Crippen LogP contribution >= 0.6 is 12.4 Å². The van der Waals surface area contributed by atoms with Crippen molar-refractivity contribution >= 4 is 36.3 Å². The largest absolute Gasteiger partial charge is 0.458 e. The van der Waals surface area contributed by atoms with E-state index in [0.717, 1.165) is 5.56 Å². The van der Waals surface area contributed by atoms with E-state index in [1.807, 2.05) is 13.8 Å². The van der Waals surface area contributed by atoms with Gasteiger partial charge in [0.05, 0.1) is 6.04 Å². The van der Waals surface area contributed by atoms with Crippen LogP contribution in [0.15, 0.2) is 24.3 Å². The molecule has 0 aromatic heterocycles. The van der Waals surface area contributed by atoms with Gasteiger partial charge in [0.1, 0.15) is 17.4 Å². The molecule has 1 aromatic rings. The van der Waals surface area contributed by atoms with Crippen LogP contribution in [0.25, 0.3) is 0 Å². The lowest BCUT2D eigenvalue weighted by molar-refractivity contribution is -0.158. The molecule has 2 atom stereocenters. The van der Waals surface area contributed by atoms with Crippen molar-refractivity contribution in [3.63, 3.8) is 0 Å². The van der Waals surface area contributed by atoms with Crippen LogP contribution < -0.4 is 15.8 Å². The highest BCUT2D eigenvalue weighted by atomic mass is 35.5. The highest BCUT2D eigenvalue weighted by Crippen LogP contribution is 2.17. The Kier molecular flexibility index (Phi) is 12.3. The van der Waals surface area contributed by atoms with Crippen LogP contribution in [0.5, 0.6) is 5.75 Å². The molecule has 1 fully saturated rings. The first-order valence-electron chi connectivity index (χ1n) is 12.3. The predicted octanol–water partition coefficient (Wildman–Crippen LogP) is 2.51. The van der Waals surface area contributed by atoms with E-state index in [4.69, 9.17) is 15.2 Å². The first-order valence-corrected chi connectivity index (χ1v) is 12.3. The first kappa shape index (κ1) is 32.2. The summed E-state index contributed by atoms with van der Waals surface area (Å²) in [5, 5.41) is 2.74. The normalized spacial score (nSPS) is 15.4. The SMILES string of the molecule is CC(=O)N1CCN(C(=O)Oc2ccc(C[C@H](NC(=O)[C@@H](N)CC(C)C)C(=O)OC(C)(C)C)cc2)CC1.Cl. The Morgan fingerprint density at radius 1 is 1.00 bits per heavy atom. The molecular formula is C26H41ClN4O6. The fourth-order valence-corrected chi connectivity index (χ4v) is 3.76. The molecule has 1 aliphatic heterocycles. The quantitative estimate of drug-likeness (QED) is 0.484. The molecule has 1 aromatic carbocycles. The van der Waals surface area contributed by atoms with E-state index < -0.39 is 35.7 Å². The smallest absolute Gasteiger partial charge is 0.415 e. The van der Waals surface area contributed by atoms with Gasteiger partial charge < -0.3 is 30.3 Å². The third-order valence-electron chi connectivity index (χ3n) is 5.62. The Labute approximate surface area is 225 Å².